The lowest BCUT2D eigenvalue weighted by Gasteiger charge is -2.14. The Hall–Kier alpha value is -1.12. The van der Waals surface area contributed by atoms with Crippen molar-refractivity contribution in [3.8, 4) is 0 Å². The maximum absolute atomic E-state index is 10.3. The molecule has 0 spiro atoms. The molecule has 2 rings (SSSR count). The molecular formula is C16H17BrO. The number of aliphatic hydroxyl groups is 1. The highest BCUT2D eigenvalue weighted by atomic mass is 79.9. The first kappa shape index (κ1) is 13.3. The molecule has 0 aliphatic heterocycles. The molecule has 0 fully saturated rings. The van der Waals surface area contributed by atoms with Gasteiger partial charge in [0.2, 0.25) is 0 Å². The zero-order chi connectivity index (χ0) is 13.1. The van der Waals surface area contributed by atoms with Gasteiger partial charge >= 0.3 is 0 Å². The Morgan fingerprint density at radius 3 is 2.50 bits per heavy atom. The van der Waals surface area contributed by atoms with Gasteiger partial charge in [0.1, 0.15) is 0 Å². The molecule has 1 atom stereocenters. The monoisotopic (exact) mass is 304 g/mol. The van der Waals surface area contributed by atoms with E-state index in [2.05, 4.69) is 35.0 Å². The summed E-state index contributed by atoms with van der Waals surface area (Å²) in [5.41, 5.74) is 4.54. The van der Waals surface area contributed by atoms with Gasteiger partial charge in [-0.1, -0.05) is 46.3 Å². The Labute approximate surface area is 117 Å². The van der Waals surface area contributed by atoms with E-state index in [0.717, 1.165) is 15.6 Å². The van der Waals surface area contributed by atoms with Gasteiger partial charge in [0.25, 0.3) is 0 Å². The highest BCUT2D eigenvalue weighted by Crippen LogP contribution is 2.24. The zero-order valence-corrected chi connectivity index (χ0v) is 12.2. The van der Waals surface area contributed by atoms with Gasteiger partial charge in [-0.15, -0.1) is 0 Å². The number of hydrogen-bond donors (Lipinski definition) is 1. The van der Waals surface area contributed by atoms with Crippen LogP contribution >= 0.6 is 15.9 Å². The molecule has 2 heteroatoms. The van der Waals surface area contributed by atoms with Gasteiger partial charge < -0.3 is 5.11 Å². The fourth-order valence-electron chi connectivity index (χ4n) is 2.12. The van der Waals surface area contributed by atoms with Crippen molar-refractivity contribution in [1.82, 2.24) is 0 Å². The summed E-state index contributed by atoms with van der Waals surface area (Å²) in [6.07, 6.45) is 0.199. The molecule has 1 nitrogen and oxygen atoms in total. The molecule has 0 radical (unpaired) electrons. The Balaban J connectivity index is 2.22. The molecule has 0 aliphatic carbocycles. The molecule has 1 N–H and O–H groups in total. The first-order chi connectivity index (χ1) is 8.56. The van der Waals surface area contributed by atoms with Gasteiger partial charge in [-0.3, -0.25) is 0 Å². The quantitative estimate of drug-likeness (QED) is 0.894. The number of aliphatic hydroxyl groups excluding tert-OH is 1. The lowest BCUT2D eigenvalue weighted by atomic mass is 9.97. The summed E-state index contributed by atoms with van der Waals surface area (Å²) in [7, 11) is 0. The minimum atomic E-state index is -0.456. The third kappa shape index (κ3) is 3.21. The number of benzene rings is 2. The van der Waals surface area contributed by atoms with Crippen LogP contribution in [0.4, 0.5) is 0 Å². The van der Waals surface area contributed by atoms with Crippen LogP contribution in [0.25, 0.3) is 0 Å². The molecule has 0 amide bonds. The van der Waals surface area contributed by atoms with Crippen molar-refractivity contribution >= 4 is 15.9 Å². The van der Waals surface area contributed by atoms with Crippen LogP contribution < -0.4 is 0 Å². The lowest BCUT2D eigenvalue weighted by Crippen LogP contribution is -2.03. The summed E-state index contributed by atoms with van der Waals surface area (Å²) < 4.78 is 1.02. The second-order valence-corrected chi connectivity index (χ2v) is 5.62. The number of halogens is 1. The van der Waals surface area contributed by atoms with E-state index >= 15 is 0 Å². The fraction of sp³-hybridized carbons (Fsp3) is 0.250. The summed E-state index contributed by atoms with van der Waals surface area (Å²) in [5.74, 6) is 0. The van der Waals surface area contributed by atoms with E-state index in [9.17, 15) is 5.11 Å². The second kappa shape index (κ2) is 5.68. The van der Waals surface area contributed by atoms with E-state index in [1.165, 1.54) is 11.1 Å². The zero-order valence-electron chi connectivity index (χ0n) is 10.7. The SMILES string of the molecule is Cc1cc(Br)cc(C(O)Cc2ccccc2C)c1. The Bertz CT molecular complexity index is 528. The first-order valence-electron chi connectivity index (χ1n) is 6.06. The van der Waals surface area contributed by atoms with Crippen molar-refractivity contribution in [2.75, 3.05) is 0 Å². The van der Waals surface area contributed by atoms with E-state index in [4.69, 9.17) is 0 Å². The average Bonchev–Trinajstić information content (AvgIpc) is 2.31. The predicted octanol–water partition coefficient (Wildman–Crippen LogP) is 4.34. The third-order valence-corrected chi connectivity index (χ3v) is 3.58. The first-order valence-corrected chi connectivity index (χ1v) is 6.85. The molecule has 0 bridgehead atoms. The van der Waals surface area contributed by atoms with Crippen molar-refractivity contribution in [3.05, 3.63) is 69.2 Å². The normalized spacial score (nSPS) is 12.4. The molecule has 0 aromatic heterocycles. The van der Waals surface area contributed by atoms with Crippen LogP contribution in [0.5, 0.6) is 0 Å². The molecular weight excluding hydrogens is 288 g/mol. The van der Waals surface area contributed by atoms with Gasteiger partial charge in [-0.25, -0.2) is 0 Å². The number of rotatable bonds is 3. The Morgan fingerprint density at radius 2 is 1.83 bits per heavy atom. The molecule has 2 aromatic carbocycles. The molecule has 94 valence electrons. The molecule has 1 unspecified atom stereocenters. The largest absolute Gasteiger partial charge is 0.388 e. The van der Waals surface area contributed by atoms with E-state index in [1.807, 2.05) is 37.3 Å². The Morgan fingerprint density at radius 1 is 1.11 bits per heavy atom. The van der Waals surface area contributed by atoms with Crippen LogP contribution in [0.2, 0.25) is 0 Å². The Kier molecular flexibility index (Phi) is 4.20. The summed E-state index contributed by atoms with van der Waals surface area (Å²) in [4.78, 5) is 0. The van der Waals surface area contributed by atoms with Gasteiger partial charge in [0, 0.05) is 10.9 Å². The molecule has 0 aliphatic rings. The number of hydrogen-bond acceptors (Lipinski definition) is 1. The van der Waals surface area contributed by atoms with Crippen LogP contribution in [0, 0.1) is 13.8 Å². The average molecular weight is 305 g/mol. The molecule has 18 heavy (non-hydrogen) atoms. The smallest absolute Gasteiger partial charge is 0.0830 e. The maximum atomic E-state index is 10.3. The van der Waals surface area contributed by atoms with E-state index in [0.29, 0.717) is 6.42 Å². The topological polar surface area (TPSA) is 20.2 Å². The summed E-state index contributed by atoms with van der Waals surface area (Å²) in [6.45, 7) is 4.11. The highest BCUT2D eigenvalue weighted by Gasteiger charge is 2.11. The van der Waals surface area contributed by atoms with Crippen LogP contribution in [0.3, 0.4) is 0 Å². The van der Waals surface area contributed by atoms with Crippen LogP contribution in [0.1, 0.15) is 28.4 Å². The van der Waals surface area contributed by atoms with E-state index in [1.54, 1.807) is 0 Å². The van der Waals surface area contributed by atoms with Crippen molar-refractivity contribution in [2.45, 2.75) is 26.4 Å². The van der Waals surface area contributed by atoms with Crippen LogP contribution in [0.15, 0.2) is 46.9 Å². The van der Waals surface area contributed by atoms with Crippen molar-refractivity contribution in [3.63, 3.8) is 0 Å². The molecule has 0 saturated heterocycles. The van der Waals surface area contributed by atoms with Crippen molar-refractivity contribution < 1.29 is 5.11 Å². The summed E-state index contributed by atoms with van der Waals surface area (Å²) in [6, 6.07) is 14.3. The van der Waals surface area contributed by atoms with Gasteiger partial charge in [-0.2, -0.15) is 0 Å². The number of aryl methyl sites for hydroxylation is 2. The third-order valence-electron chi connectivity index (χ3n) is 3.12. The van der Waals surface area contributed by atoms with Crippen molar-refractivity contribution in [1.29, 1.82) is 0 Å². The lowest BCUT2D eigenvalue weighted by molar-refractivity contribution is 0.178. The van der Waals surface area contributed by atoms with Gasteiger partial charge in [0.15, 0.2) is 0 Å². The van der Waals surface area contributed by atoms with E-state index in [-0.39, 0.29) is 0 Å². The predicted molar refractivity (Wildman–Crippen MR) is 78.7 cm³/mol. The van der Waals surface area contributed by atoms with E-state index < -0.39 is 6.10 Å². The summed E-state index contributed by atoms with van der Waals surface area (Å²) >= 11 is 3.47. The van der Waals surface area contributed by atoms with Gasteiger partial charge in [0.05, 0.1) is 6.10 Å². The molecule has 2 aromatic rings. The molecule has 0 heterocycles. The van der Waals surface area contributed by atoms with Crippen molar-refractivity contribution in [2.24, 2.45) is 0 Å². The standard InChI is InChI=1S/C16H17BrO/c1-11-7-14(9-15(17)8-11)16(18)10-13-6-4-3-5-12(13)2/h3-9,16,18H,10H2,1-2H3. The fourth-order valence-corrected chi connectivity index (χ4v) is 2.75. The maximum Gasteiger partial charge on any atom is 0.0830 e. The van der Waals surface area contributed by atoms with Crippen LogP contribution in [-0.2, 0) is 6.42 Å². The van der Waals surface area contributed by atoms with Crippen LogP contribution in [-0.4, -0.2) is 5.11 Å². The summed E-state index contributed by atoms with van der Waals surface area (Å²) in [5, 5.41) is 10.3. The molecule has 0 saturated carbocycles. The minimum absolute atomic E-state index is 0.456. The van der Waals surface area contributed by atoms with Gasteiger partial charge in [-0.05, 0) is 48.2 Å². The second-order valence-electron chi connectivity index (χ2n) is 4.71. The minimum Gasteiger partial charge on any atom is -0.388 e. The highest BCUT2D eigenvalue weighted by molar-refractivity contribution is 9.10.